The molecule has 1 unspecified atom stereocenters. The molecular formula is C61H98O6. The molecule has 0 rings (SSSR count). The van der Waals surface area contributed by atoms with Crippen molar-refractivity contribution in [2.75, 3.05) is 13.2 Å². The number of esters is 3. The molecule has 0 N–H and O–H groups in total. The fourth-order valence-electron chi connectivity index (χ4n) is 7.04. The zero-order valence-electron chi connectivity index (χ0n) is 43.1. The van der Waals surface area contributed by atoms with Gasteiger partial charge in [-0.2, -0.15) is 0 Å². The highest BCUT2D eigenvalue weighted by molar-refractivity contribution is 5.71. The number of carbonyl (C=O) groups excluding carboxylic acids is 3. The second-order valence-electron chi connectivity index (χ2n) is 17.6. The smallest absolute Gasteiger partial charge is 0.306 e. The van der Waals surface area contributed by atoms with Crippen molar-refractivity contribution in [1.82, 2.24) is 0 Å². The van der Waals surface area contributed by atoms with E-state index in [2.05, 4.69) is 106 Å². The molecule has 0 saturated heterocycles. The van der Waals surface area contributed by atoms with Crippen LogP contribution in [-0.2, 0) is 28.6 Å². The lowest BCUT2D eigenvalue weighted by molar-refractivity contribution is -0.167. The van der Waals surface area contributed by atoms with E-state index < -0.39 is 6.10 Å². The molecule has 0 aliphatic heterocycles. The topological polar surface area (TPSA) is 78.9 Å². The van der Waals surface area contributed by atoms with E-state index in [9.17, 15) is 14.4 Å². The van der Waals surface area contributed by atoms with Crippen LogP contribution in [0.3, 0.4) is 0 Å². The number of hydrogen-bond donors (Lipinski definition) is 0. The molecular weight excluding hydrogens is 829 g/mol. The van der Waals surface area contributed by atoms with Crippen molar-refractivity contribution >= 4 is 17.9 Å². The quantitative estimate of drug-likeness (QED) is 0.0262. The van der Waals surface area contributed by atoms with Crippen LogP contribution in [0, 0.1) is 0 Å². The molecule has 0 amide bonds. The molecule has 1 atom stereocenters. The minimum atomic E-state index is -0.816. The fraction of sp³-hybridized carbons (Fsp3) is 0.623. The maximum absolute atomic E-state index is 12.8. The summed E-state index contributed by atoms with van der Waals surface area (Å²) >= 11 is 0. The highest BCUT2D eigenvalue weighted by Crippen LogP contribution is 2.13. The van der Waals surface area contributed by atoms with Crippen molar-refractivity contribution in [2.24, 2.45) is 0 Å². The van der Waals surface area contributed by atoms with Crippen LogP contribution in [-0.4, -0.2) is 37.2 Å². The predicted octanol–water partition coefficient (Wildman–Crippen LogP) is 18.1. The third-order valence-electron chi connectivity index (χ3n) is 11.1. The normalized spacial score (nSPS) is 13.1. The summed E-state index contributed by atoms with van der Waals surface area (Å²) in [5.41, 5.74) is 0. The van der Waals surface area contributed by atoms with Crippen molar-refractivity contribution < 1.29 is 28.6 Å². The van der Waals surface area contributed by atoms with Gasteiger partial charge in [0.25, 0.3) is 0 Å². The Labute approximate surface area is 412 Å². The minimum absolute atomic E-state index is 0.113. The number of ether oxygens (including phenoxy) is 3. The molecule has 6 nitrogen and oxygen atoms in total. The fourth-order valence-corrected chi connectivity index (χ4v) is 7.04. The third-order valence-corrected chi connectivity index (χ3v) is 11.1. The molecule has 0 fully saturated rings. The van der Waals surface area contributed by atoms with E-state index in [-0.39, 0.29) is 31.1 Å². The number of unbranched alkanes of at least 4 members (excludes halogenated alkanes) is 23. The Kier molecular flexibility index (Phi) is 51.0. The van der Waals surface area contributed by atoms with Crippen molar-refractivity contribution in [2.45, 2.75) is 232 Å². The van der Waals surface area contributed by atoms with E-state index in [1.807, 2.05) is 36.5 Å². The van der Waals surface area contributed by atoms with Crippen molar-refractivity contribution in [3.63, 3.8) is 0 Å². The Morgan fingerprint density at radius 1 is 0.313 bits per heavy atom. The van der Waals surface area contributed by atoms with E-state index in [1.54, 1.807) is 0 Å². The second kappa shape index (κ2) is 54.4. The van der Waals surface area contributed by atoms with Gasteiger partial charge >= 0.3 is 17.9 Å². The van der Waals surface area contributed by atoms with Gasteiger partial charge in [0.1, 0.15) is 13.2 Å². The van der Waals surface area contributed by atoms with Crippen molar-refractivity contribution in [3.05, 3.63) is 122 Å². The van der Waals surface area contributed by atoms with Crippen LogP contribution < -0.4 is 0 Å². The Bertz CT molecular complexity index is 1440. The summed E-state index contributed by atoms with van der Waals surface area (Å²) in [5, 5.41) is 0. The zero-order chi connectivity index (χ0) is 48.6. The molecule has 0 aliphatic carbocycles. The molecule has 0 aromatic rings. The largest absolute Gasteiger partial charge is 0.462 e. The number of carbonyl (C=O) groups is 3. The summed E-state index contributed by atoms with van der Waals surface area (Å²) < 4.78 is 16.8. The molecule has 0 aromatic heterocycles. The van der Waals surface area contributed by atoms with Gasteiger partial charge in [-0.25, -0.2) is 0 Å². The summed E-state index contributed by atoms with van der Waals surface area (Å²) in [6, 6.07) is 0. The minimum Gasteiger partial charge on any atom is -0.462 e. The number of rotatable bonds is 47. The van der Waals surface area contributed by atoms with Gasteiger partial charge in [-0.1, -0.05) is 239 Å². The van der Waals surface area contributed by atoms with Gasteiger partial charge in [-0.05, 0) is 89.9 Å². The number of hydrogen-bond acceptors (Lipinski definition) is 6. The molecule has 0 spiro atoms. The lowest BCUT2D eigenvalue weighted by Gasteiger charge is -2.18. The molecule has 378 valence electrons. The van der Waals surface area contributed by atoms with Gasteiger partial charge in [0, 0.05) is 19.3 Å². The Balaban J connectivity index is 4.53. The average molecular weight is 927 g/mol. The lowest BCUT2D eigenvalue weighted by Crippen LogP contribution is -2.30. The van der Waals surface area contributed by atoms with Crippen LogP contribution in [0.5, 0.6) is 0 Å². The first kappa shape index (κ1) is 62.8. The van der Waals surface area contributed by atoms with Gasteiger partial charge < -0.3 is 14.2 Å². The molecule has 67 heavy (non-hydrogen) atoms. The van der Waals surface area contributed by atoms with Crippen LogP contribution in [0.4, 0.5) is 0 Å². The van der Waals surface area contributed by atoms with Crippen LogP contribution in [0.1, 0.15) is 226 Å². The van der Waals surface area contributed by atoms with Crippen molar-refractivity contribution in [3.8, 4) is 0 Å². The van der Waals surface area contributed by atoms with Crippen LogP contribution in [0.15, 0.2) is 122 Å². The number of allylic oxidation sites excluding steroid dienone is 20. The molecule has 0 radical (unpaired) electrons. The van der Waals surface area contributed by atoms with E-state index >= 15 is 0 Å². The van der Waals surface area contributed by atoms with Gasteiger partial charge in [0.15, 0.2) is 6.10 Å². The summed E-state index contributed by atoms with van der Waals surface area (Å²) in [6.07, 6.45) is 74.6. The first-order valence-electron chi connectivity index (χ1n) is 27.2. The first-order chi connectivity index (χ1) is 33.0. The van der Waals surface area contributed by atoms with Crippen LogP contribution >= 0.6 is 0 Å². The standard InChI is InChI=1S/C61H98O6/c1-4-7-10-13-16-19-22-25-27-29-31-33-36-39-42-45-48-51-54-60(63)66-57-58(56-65-59(62)53-50-47-44-41-38-35-24-21-18-15-12-9-6-3)67-61(64)55-52-49-46-43-40-37-34-32-30-28-26-23-20-17-14-11-8-5-2/h9,12,15-16,18-19,21-22,24-25,27-35,38,58H,4-8,10-11,13-14,17,20,23,26,36-37,39-57H2,1-3H3/b12-9+,18-15+,19-16+,24-21+,25-22+,29-27+,30-28+,33-31+,34-32+,38-35+. The van der Waals surface area contributed by atoms with Crippen molar-refractivity contribution in [1.29, 1.82) is 0 Å². The van der Waals surface area contributed by atoms with Crippen LogP contribution in [0.2, 0.25) is 0 Å². The third kappa shape index (κ3) is 52.6. The average Bonchev–Trinajstić information content (AvgIpc) is 3.33. The van der Waals surface area contributed by atoms with E-state index in [0.29, 0.717) is 19.3 Å². The lowest BCUT2D eigenvalue weighted by atomic mass is 10.1. The monoisotopic (exact) mass is 927 g/mol. The SMILES string of the molecule is CC/C=C/C=C/C=C/C=C/CCCCCC(=O)OCC(COC(=O)CCCCCCC/C=C/C=C/C=C/C=C/CCCCC)OC(=O)CCCCCCC/C=C/C=C/CCCCCCCCC. The molecule has 0 aromatic carbocycles. The summed E-state index contributed by atoms with van der Waals surface area (Å²) in [6.45, 7) is 6.38. The maximum Gasteiger partial charge on any atom is 0.306 e. The summed E-state index contributed by atoms with van der Waals surface area (Å²) in [7, 11) is 0. The molecule has 0 aliphatic rings. The predicted molar refractivity (Wildman–Crippen MR) is 288 cm³/mol. The highest BCUT2D eigenvalue weighted by Gasteiger charge is 2.19. The molecule has 0 saturated carbocycles. The van der Waals surface area contributed by atoms with Gasteiger partial charge in [-0.3, -0.25) is 14.4 Å². The van der Waals surface area contributed by atoms with Crippen LogP contribution in [0.25, 0.3) is 0 Å². The van der Waals surface area contributed by atoms with E-state index in [1.165, 1.54) is 70.6 Å². The summed E-state index contributed by atoms with van der Waals surface area (Å²) in [5.74, 6) is -0.994. The molecule has 6 heteroatoms. The second-order valence-corrected chi connectivity index (χ2v) is 17.6. The highest BCUT2D eigenvalue weighted by atomic mass is 16.6. The maximum atomic E-state index is 12.8. The Morgan fingerprint density at radius 2 is 0.582 bits per heavy atom. The first-order valence-corrected chi connectivity index (χ1v) is 27.2. The summed E-state index contributed by atoms with van der Waals surface area (Å²) in [4.78, 5) is 38.1. The molecule has 0 bridgehead atoms. The van der Waals surface area contributed by atoms with Gasteiger partial charge in [-0.15, -0.1) is 0 Å². The zero-order valence-corrected chi connectivity index (χ0v) is 43.1. The Morgan fingerprint density at radius 3 is 0.970 bits per heavy atom. The van der Waals surface area contributed by atoms with Gasteiger partial charge in [0.05, 0.1) is 0 Å². The van der Waals surface area contributed by atoms with E-state index in [4.69, 9.17) is 14.2 Å². The van der Waals surface area contributed by atoms with E-state index in [0.717, 1.165) is 116 Å². The molecule has 0 heterocycles. The van der Waals surface area contributed by atoms with Gasteiger partial charge in [0.2, 0.25) is 0 Å². The Hall–Kier alpha value is -4.19.